The second-order valence-corrected chi connectivity index (χ2v) is 7.04. The van der Waals surface area contributed by atoms with Gasteiger partial charge < -0.3 is 24.6 Å². The van der Waals surface area contributed by atoms with Gasteiger partial charge in [0.05, 0.1) is 11.5 Å². The van der Waals surface area contributed by atoms with Crippen LogP contribution in [-0.4, -0.2) is 46.9 Å². The summed E-state index contributed by atoms with van der Waals surface area (Å²) >= 11 is 0.977. The first kappa shape index (κ1) is 24.1. The first-order chi connectivity index (χ1) is 14.5. The van der Waals surface area contributed by atoms with Crippen LogP contribution in [0.4, 0.5) is 24.7 Å². The van der Waals surface area contributed by atoms with E-state index in [9.17, 15) is 27.6 Å². The minimum Gasteiger partial charge on any atom is -0.452 e. The monoisotopic (exact) mass is 461 g/mol. The molecule has 0 fully saturated rings. The average Bonchev–Trinajstić information content (AvgIpc) is 3.06. The van der Waals surface area contributed by atoms with Crippen molar-refractivity contribution in [3.05, 3.63) is 36.1 Å². The Labute approximate surface area is 178 Å². The summed E-state index contributed by atoms with van der Waals surface area (Å²) in [6.45, 7) is 3.00. The summed E-state index contributed by atoms with van der Waals surface area (Å²) in [5.41, 5.74) is 0.191. The summed E-state index contributed by atoms with van der Waals surface area (Å²) in [6.07, 6.45) is -5.98. The molecule has 2 rings (SSSR count). The maximum atomic E-state index is 12.1. The van der Waals surface area contributed by atoms with Crippen LogP contribution >= 0.6 is 11.8 Å². The van der Waals surface area contributed by atoms with Crippen LogP contribution in [0.15, 0.2) is 34.9 Å². The van der Waals surface area contributed by atoms with E-state index in [4.69, 9.17) is 9.26 Å². The van der Waals surface area contributed by atoms with Crippen molar-refractivity contribution in [3.63, 3.8) is 0 Å². The van der Waals surface area contributed by atoms with Gasteiger partial charge in [-0.2, -0.15) is 0 Å². The van der Waals surface area contributed by atoms with Gasteiger partial charge in [-0.25, -0.2) is 0 Å². The Bertz CT molecular complexity index is 917. The summed E-state index contributed by atoms with van der Waals surface area (Å²) in [5, 5.41) is 8.49. The number of aryl methyl sites for hydroxylation is 1. The van der Waals surface area contributed by atoms with Gasteiger partial charge >= 0.3 is 12.3 Å². The molecule has 1 unspecified atom stereocenters. The van der Waals surface area contributed by atoms with Gasteiger partial charge in [-0.15, -0.1) is 24.9 Å². The first-order valence-corrected chi connectivity index (χ1v) is 9.84. The minimum absolute atomic E-state index is 0.0477. The van der Waals surface area contributed by atoms with Gasteiger partial charge in [0.25, 0.3) is 5.91 Å². The minimum atomic E-state index is -4.82. The Morgan fingerprint density at radius 2 is 1.84 bits per heavy atom. The van der Waals surface area contributed by atoms with E-state index in [1.165, 1.54) is 25.1 Å². The number of ether oxygens (including phenoxy) is 2. The Kier molecular flexibility index (Phi) is 8.30. The molecule has 9 nitrogen and oxygen atoms in total. The summed E-state index contributed by atoms with van der Waals surface area (Å²) in [6, 6.07) is 6.01. The van der Waals surface area contributed by atoms with Crippen molar-refractivity contribution in [2.45, 2.75) is 26.3 Å². The van der Waals surface area contributed by atoms with E-state index < -0.39 is 36.0 Å². The topological polar surface area (TPSA) is 120 Å². The number of hydrogen-bond acceptors (Lipinski definition) is 8. The van der Waals surface area contributed by atoms with Crippen LogP contribution in [0.5, 0.6) is 5.75 Å². The molecule has 168 valence electrons. The number of amides is 2. The maximum Gasteiger partial charge on any atom is 0.573 e. The van der Waals surface area contributed by atoms with Gasteiger partial charge in [0.15, 0.2) is 11.9 Å². The van der Waals surface area contributed by atoms with E-state index in [2.05, 4.69) is 20.5 Å². The quantitative estimate of drug-likeness (QED) is 0.547. The molecular formula is C18H18F3N3O6S. The van der Waals surface area contributed by atoms with Crippen molar-refractivity contribution < 1.29 is 41.6 Å². The molecule has 31 heavy (non-hydrogen) atoms. The summed E-state index contributed by atoms with van der Waals surface area (Å²) in [5.74, 6) is -1.66. The van der Waals surface area contributed by atoms with Gasteiger partial charge in [0.1, 0.15) is 11.5 Å². The van der Waals surface area contributed by atoms with Crippen molar-refractivity contribution >= 4 is 41.1 Å². The lowest BCUT2D eigenvalue weighted by atomic mass is 10.3. The molecule has 0 aliphatic heterocycles. The molecule has 2 amide bonds. The highest BCUT2D eigenvalue weighted by atomic mass is 32.2. The number of rotatable bonds is 9. The Balaban J connectivity index is 1.70. The molecule has 0 bridgehead atoms. The third-order valence-electron chi connectivity index (χ3n) is 3.38. The number of nitrogens with one attached hydrogen (secondary N) is 2. The molecule has 0 saturated heterocycles. The fraction of sp³-hybridized carbons (Fsp3) is 0.333. The Morgan fingerprint density at radius 3 is 2.42 bits per heavy atom. The molecule has 2 aromatic rings. The SMILES string of the molecule is Cc1cc(NC(=O)CSCC(=O)OC(C)C(=O)Nc2ccc(OC(F)(F)F)cc2)no1. The molecule has 0 aliphatic carbocycles. The Morgan fingerprint density at radius 1 is 1.16 bits per heavy atom. The van der Waals surface area contributed by atoms with Gasteiger partial charge in [-0.05, 0) is 38.1 Å². The lowest BCUT2D eigenvalue weighted by Crippen LogP contribution is -2.30. The number of aromatic nitrogens is 1. The molecule has 13 heteroatoms. The maximum absolute atomic E-state index is 12.1. The van der Waals surface area contributed by atoms with E-state index in [1.54, 1.807) is 6.92 Å². The van der Waals surface area contributed by atoms with Gasteiger partial charge in [-0.3, -0.25) is 14.4 Å². The third kappa shape index (κ3) is 8.99. The van der Waals surface area contributed by atoms with Crippen molar-refractivity contribution in [1.82, 2.24) is 5.16 Å². The number of esters is 1. The van der Waals surface area contributed by atoms with E-state index in [-0.39, 0.29) is 23.0 Å². The summed E-state index contributed by atoms with van der Waals surface area (Å²) in [7, 11) is 0. The van der Waals surface area contributed by atoms with Crippen LogP contribution in [0, 0.1) is 6.92 Å². The summed E-state index contributed by atoms with van der Waals surface area (Å²) in [4.78, 5) is 35.6. The highest BCUT2D eigenvalue weighted by Crippen LogP contribution is 2.24. The molecule has 1 aromatic heterocycles. The van der Waals surface area contributed by atoms with Crippen molar-refractivity contribution in [1.29, 1.82) is 0 Å². The van der Waals surface area contributed by atoms with E-state index in [0.717, 1.165) is 23.9 Å². The zero-order valence-electron chi connectivity index (χ0n) is 16.3. The zero-order chi connectivity index (χ0) is 23.0. The molecule has 0 spiro atoms. The van der Waals surface area contributed by atoms with Gasteiger partial charge in [0.2, 0.25) is 5.91 Å². The predicted molar refractivity (Wildman–Crippen MR) is 105 cm³/mol. The smallest absolute Gasteiger partial charge is 0.452 e. The average molecular weight is 461 g/mol. The largest absolute Gasteiger partial charge is 0.573 e. The standard InChI is InChI=1S/C18H18F3N3O6S/c1-10-7-14(24-30-10)23-15(25)8-31-9-16(26)28-11(2)17(27)22-12-3-5-13(6-4-12)29-18(19,20)21/h3-7,11H,8-9H2,1-2H3,(H,22,27)(H,23,24,25). The zero-order valence-corrected chi connectivity index (χ0v) is 17.1. The number of hydrogen-bond donors (Lipinski definition) is 2. The van der Waals surface area contributed by atoms with Crippen LogP contribution in [0.1, 0.15) is 12.7 Å². The number of thioether (sulfide) groups is 1. The number of carbonyl (C=O) groups is 3. The van der Waals surface area contributed by atoms with Crippen LogP contribution in [0.3, 0.4) is 0 Å². The van der Waals surface area contributed by atoms with Crippen molar-refractivity contribution in [2.75, 3.05) is 22.1 Å². The van der Waals surface area contributed by atoms with Crippen LogP contribution in [-0.2, 0) is 19.1 Å². The van der Waals surface area contributed by atoms with Crippen LogP contribution < -0.4 is 15.4 Å². The molecular weight excluding hydrogens is 443 g/mol. The second kappa shape index (κ2) is 10.7. The van der Waals surface area contributed by atoms with E-state index in [1.807, 2.05) is 0 Å². The normalized spacial score (nSPS) is 12.0. The molecule has 0 saturated carbocycles. The number of alkyl halides is 3. The Hall–Kier alpha value is -3.22. The number of anilines is 2. The number of benzene rings is 1. The van der Waals surface area contributed by atoms with E-state index >= 15 is 0 Å². The molecule has 1 atom stereocenters. The van der Waals surface area contributed by atoms with Crippen LogP contribution in [0.2, 0.25) is 0 Å². The van der Waals surface area contributed by atoms with Gasteiger partial charge in [0, 0.05) is 11.8 Å². The second-order valence-electron chi connectivity index (χ2n) is 6.06. The molecule has 2 N–H and O–H groups in total. The van der Waals surface area contributed by atoms with Crippen molar-refractivity contribution in [3.8, 4) is 5.75 Å². The highest BCUT2D eigenvalue weighted by molar-refractivity contribution is 8.00. The van der Waals surface area contributed by atoms with Crippen LogP contribution in [0.25, 0.3) is 0 Å². The lowest BCUT2D eigenvalue weighted by Gasteiger charge is -2.14. The third-order valence-corrected chi connectivity index (χ3v) is 4.29. The van der Waals surface area contributed by atoms with E-state index in [0.29, 0.717) is 5.76 Å². The lowest BCUT2D eigenvalue weighted by molar-refractivity contribution is -0.274. The first-order valence-electron chi connectivity index (χ1n) is 8.69. The number of nitrogens with zero attached hydrogens (tertiary/aromatic N) is 1. The molecule has 1 aromatic carbocycles. The molecule has 0 aliphatic rings. The molecule has 0 radical (unpaired) electrons. The fourth-order valence-electron chi connectivity index (χ4n) is 2.10. The number of halogens is 3. The number of carbonyl (C=O) groups excluding carboxylic acids is 3. The fourth-order valence-corrected chi connectivity index (χ4v) is 2.69. The van der Waals surface area contributed by atoms with Gasteiger partial charge in [-0.1, -0.05) is 5.16 Å². The summed E-state index contributed by atoms with van der Waals surface area (Å²) < 4.78 is 49.9. The van der Waals surface area contributed by atoms with Crippen molar-refractivity contribution in [2.24, 2.45) is 0 Å². The molecule has 1 heterocycles. The predicted octanol–water partition coefficient (Wildman–Crippen LogP) is 3.12. The highest BCUT2D eigenvalue weighted by Gasteiger charge is 2.31.